The number of aromatic nitrogens is 1. The van der Waals surface area contributed by atoms with Gasteiger partial charge in [-0.15, -0.1) is 12.4 Å². The van der Waals surface area contributed by atoms with Crippen LogP contribution in [0.2, 0.25) is 0 Å². The molecule has 0 saturated carbocycles. The van der Waals surface area contributed by atoms with Gasteiger partial charge in [0.05, 0.1) is 16.1 Å². The molecule has 0 unspecified atom stereocenters. The Bertz CT molecular complexity index is 1170. The van der Waals surface area contributed by atoms with E-state index >= 15 is 0 Å². The van der Waals surface area contributed by atoms with E-state index in [0.717, 1.165) is 33.0 Å². The molecule has 1 aromatic heterocycles. The summed E-state index contributed by atoms with van der Waals surface area (Å²) in [5.74, 6) is -0.327. The summed E-state index contributed by atoms with van der Waals surface area (Å²) >= 11 is 1.59. The number of likely N-dealkylation sites (N-methyl/N-ethyl adjacent to an activating group) is 1. The molecule has 0 spiro atoms. The Labute approximate surface area is 206 Å². The topological polar surface area (TPSA) is 36.4 Å². The number of rotatable bonds is 7. The zero-order valence-electron chi connectivity index (χ0n) is 19.5. The predicted molar refractivity (Wildman–Crippen MR) is 142 cm³/mol. The van der Waals surface area contributed by atoms with Crippen LogP contribution in [0, 0.1) is 13.8 Å². The number of aryl methyl sites for hydroxylation is 2. The molecule has 0 aliphatic carbocycles. The molecule has 0 atom stereocenters. The van der Waals surface area contributed by atoms with Gasteiger partial charge in [-0.2, -0.15) is 0 Å². The molecule has 4 rings (SSSR count). The zero-order chi connectivity index (χ0) is 22.7. The second kappa shape index (κ2) is 10.9. The van der Waals surface area contributed by atoms with E-state index in [-0.39, 0.29) is 24.2 Å². The molecule has 0 N–H and O–H groups in total. The predicted octanol–water partition coefficient (Wildman–Crippen LogP) is 6.06. The average Bonchev–Trinajstić information content (AvgIpc) is 3.23. The molecule has 6 heteroatoms. The third-order valence-corrected chi connectivity index (χ3v) is 6.90. The quantitative estimate of drug-likeness (QED) is 0.323. The highest BCUT2D eigenvalue weighted by Gasteiger charge is 2.30. The minimum absolute atomic E-state index is 0. The third-order valence-electron chi connectivity index (χ3n) is 5.85. The van der Waals surface area contributed by atoms with Crippen molar-refractivity contribution in [1.29, 1.82) is 0 Å². The Morgan fingerprint density at radius 1 is 0.879 bits per heavy atom. The van der Waals surface area contributed by atoms with Gasteiger partial charge in [-0.3, -0.25) is 9.69 Å². The number of carbonyl (C=O) groups excluding carboxylic acids is 1. The lowest BCUT2D eigenvalue weighted by Gasteiger charge is -2.27. The normalized spacial score (nSPS) is 11.1. The molecule has 4 aromatic rings. The van der Waals surface area contributed by atoms with Gasteiger partial charge in [0.1, 0.15) is 0 Å². The van der Waals surface area contributed by atoms with Gasteiger partial charge in [-0.05, 0) is 56.3 Å². The summed E-state index contributed by atoms with van der Waals surface area (Å²) in [6, 6.07) is 24.3. The van der Waals surface area contributed by atoms with E-state index in [0.29, 0.717) is 6.54 Å². The van der Waals surface area contributed by atoms with Crippen LogP contribution in [0.4, 0.5) is 5.13 Å². The van der Waals surface area contributed by atoms with Crippen LogP contribution in [-0.2, 0) is 4.79 Å². The van der Waals surface area contributed by atoms with Crippen LogP contribution in [-0.4, -0.2) is 43.0 Å². The Kier molecular flexibility index (Phi) is 8.25. The number of carbonyl (C=O) groups is 1. The third kappa shape index (κ3) is 5.44. The first kappa shape index (κ1) is 24.9. The fraction of sp³-hybridized carbons (Fsp3) is 0.259. The van der Waals surface area contributed by atoms with E-state index in [1.807, 2.05) is 79.7 Å². The number of anilines is 1. The molecular formula is C27H30ClN3OS. The lowest BCUT2D eigenvalue weighted by Crippen LogP contribution is -2.40. The number of amides is 1. The number of hydrogen-bond acceptors (Lipinski definition) is 4. The maximum atomic E-state index is 14.2. The molecule has 4 nitrogen and oxygen atoms in total. The second-order valence-electron chi connectivity index (χ2n) is 8.40. The van der Waals surface area contributed by atoms with Gasteiger partial charge in [-0.25, -0.2) is 4.98 Å². The van der Waals surface area contributed by atoms with E-state index in [2.05, 4.69) is 30.9 Å². The Hall–Kier alpha value is -2.73. The van der Waals surface area contributed by atoms with Gasteiger partial charge in [0.15, 0.2) is 5.13 Å². The molecule has 0 aliphatic rings. The first-order chi connectivity index (χ1) is 15.5. The van der Waals surface area contributed by atoms with E-state index in [4.69, 9.17) is 4.98 Å². The SMILES string of the molecule is Cc1ccc2sc(N(CCN(C)C)C(=O)C(c3ccccc3)c3ccccc3)nc2c1C.Cl. The number of fused-ring (bicyclic) bond motifs is 1. The van der Waals surface area contributed by atoms with Crippen LogP contribution in [0.15, 0.2) is 72.8 Å². The molecule has 0 saturated heterocycles. The molecule has 3 aromatic carbocycles. The summed E-state index contributed by atoms with van der Waals surface area (Å²) in [6.07, 6.45) is 0. The van der Waals surface area contributed by atoms with E-state index in [1.54, 1.807) is 11.3 Å². The van der Waals surface area contributed by atoms with Crippen molar-refractivity contribution in [1.82, 2.24) is 9.88 Å². The molecule has 0 fully saturated rings. The van der Waals surface area contributed by atoms with Crippen LogP contribution < -0.4 is 4.90 Å². The molecule has 0 aliphatic heterocycles. The number of hydrogen-bond donors (Lipinski definition) is 0. The number of benzene rings is 3. The molecular weight excluding hydrogens is 450 g/mol. The van der Waals surface area contributed by atoms with Crippen molar-refractivity contribution >= 4 is 45.0 Å². The van der Waals surface area contributed by atoms with Crippen molar-refractivity contribution < 1.29 is 4.79 Å². The lowest BCUT2D eigenvalue weighted by atomic mass is 9.90. The van der Waals surface area contributed by atoms with Crippen LogP contribution in [0.1, 0.15) is 28.2 Å². The summed E-state index contributed by atoms with van der Waals surface area (Å²) < 4.78 is 1.11. The first-order valence-electron chi connectivity index (χ1n) is 10.9. The molecule has 0 bridgehead atoms. The van der Waals surface area contributed by atoms with Crippen molar-refractivity contribution in [2.45, 2.75) is 19.8 Å². The van der Waals surface area contributed by atoms with Gasteiger partial charge in [-0.1, -0.05) is 78.1 Å². The first-order valence-corrected chi connectivity index (χ1v) is 11.7. The Balaban J connectivity index is 0.00000306. The van der Waals surface area contributed by atoms with Gasteiger partial charge in [0.2, 0.25) is 5.91 Å². The molecule has 172 valence electrons. The largest absolute Gasteiger partial charge is 0.308 e. The number of thiazole rings is 1. The highest BCUT2D eigenvalue weighted by atomic mass is 35.5. The van der Waals surface area contributed by atoms with Gasteiger partial charge < -0.3 is 4.90 Å². The minimum Gasteiger partial charge on any atom is -0.308 e. The van der Waals surface area contributed by atoms with Crippen molar-refractivity contribution in [3.05, 3.63) is 95.1 Å². The second-order valence-corrected chi connectivity index (χ2v) is 9.41. The smallest absolute Gasteiger partial charge is 0.240 e. The van der Waals surface area contributed by atoms with Crippen LogP contribution in [0.25, 0.3) is 10.2 Å². The Morgan fingerprint density at radius 3 is 2.00 bits per heavy atom. The van der Waals surface area contributed by atoms with Gasteiger partial charge >= 0.3 is 0 Å². The number of halogens is 1. The summed E-state index contributed by atoms with van der Waals surface area (Å²) in [4.78, 5) is 23.1. The van der Waals surface area contributed by atoms with Crippen molar-refractivity contribution in [2.75, 3.05) is 32.1 Å². The van der Waals surface area contributed by atoms with Crippen LogP contribution >= 0.6 is 23.7 Å². The molecule has 1 heterocycles. The molecule has 0 radical (unpaired) electrons. The van der Waals surface area contributed by atoms with Crippen molar-refractivity contribution in [3.63, 3.8) is 0 Å². The Morgan fingerprint density at radius 2 is 1.45 bits per heavy atom. The molecule has 33 heavy (non-hydrogen) atoms. The fourth-order valence-corrected chi connectivity index (χ4v) is 4.91. The number of nitrogens with zero attached hydrogens (tertiary/aromatic N) is 3. The maximum Gasteiger partial charge on any atom is 0.240 e. The minimum atomic E-state index is -0.380. The highest BCUT2D eigenvalue weighted by Crippen LogP contribution is 2.35. The van der Waals surface area contributed by atoms with E-state index in [9.17, 15) is 4.79 Å². The van der Waals surface area contributed by atoms with Crippen molar-refractivity contribution in [2.24, 2.45) is 0 Å². The fourth-order valence-electron chi connectivity index (χ4n) is 3.85. The molecule has 1 amide bonds. The zero-order valence-corrected chi connectivity index (χ0v) is 21.1. The van der Waals surface area contributed by atoms with E-state index in [1.165, 1.54) is 11.1 Å². The standard InChI is InChI=1S/C27H29N3OS.ClH/c1-19-15-16-23-25(20(19)2)28-27(32-23)30(18-17-29(3)4)26(31)24(21-11-7-5-8-12-21)22-13-9-6-10-14-22;/h5-16,24H,17-18H2,1-4H3;1H. The summed E-state index contributed by atoms with van der Waals surface area (Å²) in [7, 11) is 4.06. The van der Waals surface area contributed by atoms with Gasteiger partial charge in [0, 0.05) is 13.1 Å². The van der Waals surface area contributed by atoms with Crippen molar-refractivity contribution in [3.8, 4) is 0 Å². The highest BCUT2D eigenvalue weighted by molar-refractivity contribution is 7.22. The average molecular weight is 480 g/mol. The summed E-state index contributed by atoms with van der Waals surface area (Å²) in [5, 5.41) is 0.761. The van der Waals surface area contributed by atoms with E-state index < -0.39 is 0 Å². The van der Waals surface area contributed by atoms with Gasteiger partial charge in [0.25, 0.3) is 0 Å². The maximum absolute atomic E-state index is 14.2. The van der Waals surface area contributed by atoms with Crippen LogP contribution in [0.5, 0.6) is 0 Å². The van der Waals surface area contributed by atoms with Crippen LogP contribution in [0.3, 0.4) is 0 Å². The summed E-state index contributed by atoms with van der Waals surface area (Å²) in [5.41, 5.74) is 5.36. The lowest BCUT2D eigenvalue weighted by molar-refractivity contribution is -0.119. The summed E-state index contributed by atoms with van der Waals surface area (Å²) in [6.45, 7) is 5.54. The monoisotopic (exact) mass is 479 g/mol.